The normalized spacial score (nSPS) is 14.0. The molecule has 46 heavy (non-hydrogen) atoms. The largest absolute Gasteiger partial charge is 0.352 e. The summed E-state index contributed by atoms with van der Waals surface area (Å²) in [5, 5.41) is 3.70. The van der Waals surface area contributed by atoms with Crippen LogP contribution in [0.2, 0.25) is 5.02 Å². The molecule has 2 amide bonds. The Hall–Kier alpha value is -4.14. The van der Waals surface area contributed by atoms with Gasteiger partial charge in [-0.25, -0.2) is 8.42 Å². The first-order chi connectivity index (χ1) is 22.2. The predicted molar refractivity (Wildman–Crippen MR) is 183 cm³/mol. The highest BCUT2D eigenvalue weighted by atomic mass is 35.5. The summed E-state index contributed by atoms with van der Waals surface area (Å²) < 4.78 is 29.4. The van der Waals surface area contributed by atoms with Crippen molar-refractivity contribution in [2.45, 2.75) is 69.0 Å². The van der Waals surface area contributed by atoms with Crippen molar-refractivity contribution in [3.8, 4) is 0 Å². The molecule has 1 atom stereocenters. The fourth-order valence-corrected chi connectivity index (χ4v) is 7.55. The van der Waals surface area contributed by atoms with Gasteiger partial charge in [0, 0.05) is 24.0 Å². The summed E-state index contributed by atoms with van der Waals surface area (Å²) in [6.45, 7) is 1.60. The molecule has 0 spiro atoms. The number of halogens is 1. The van der Waals surface area contributed by atoms with Crippen LogP contribution in [0.5, 0.6) is 0 Å². The Morgan fingerprint density at radius 3 is 2.09 bits per heavy atom. The maximum atomic E-state index is 14.6. The number of amides is 2. The Labute approximate surface area is 277 Å². The van der Waals surface area contributed by atoms with Gasteiger partial charge in [-0.05, 0) is 72.4 Å². The molecule has 0 aliphatic heterocycles. The molecule has 0 bridgehead atoms. The van der Waals surface area contributed by atoms with Crippen LogP contribution in [0.15, 0.2) is 114 Å². The number of hydrogen-bond acceptors (Lipinski definition) is 4. The van der Waals surface area contributed by atoms with Gasteiger partial charge in [-0.2, -0.15) is 0 Å². The molecule has 0 radical (unpaired) electrons. The standard InChI is InChI=1S/C37H40ClN3O4S/c1-2-28-20-22-33(23-21-28)41(46(44,45)34-18-7-4-8-19-34)27-36(42)40(26-30-14-11-15-31(38)24-30)35(25-29-12-5-3-6-13-29)37(43)39-32-16-9-10-17-32/h3-8,11-15,18-24,32,35H,2,9-10,16-17,25-27H2,1H3,(H,39,43)/t35-/m0/s1. The molecule has 240 valence electrons. The average molecular weight is 658 g/mol. The van der Waals surface area contributed by atoms with Gasteiger partial charge in [0.25, 0.3) is 10.0 Å². The third-order valence-corrected chi connectivity index (χ3v) is 10.5. The molecule has 7 nitrogen and oxygen atoms in total. The van der Waals surface area contributed by atoms with Crippen molar-refractivity contribution < 1.29 is 18.0 Å². The van der Waals surface area contributed by atoms with E-state index in [1.54, 1.807) is 48.5 Å². The van der Waals surface area contributed by atoms with Gasteiger partial charge in [-0.15, -0.1) is 0 Å². The second-order valence-corrected chi connectivity index (χ2v) is 14.0. The topological polar surface area (TPSA) is 86.8 Å². The van der Waals surface area contributed by atoms with Crippen molar-refractivity contribution in [1.29, 1.82) is 0 Å². The molecule has 0 aromatic heterocycles. The van der Waals surface area contributed by atoms with Gasteiger partial charge in [0.05, 0.1) is 10.6 Å². The molecule has 5 rings (SSSR count). The fourth-order valence-electron chi connectivity index (χ4n) is 5.90. The second kappa shape index (κ2) is 15.4. The number of aryl methyl sites for hydroxylation is 1. The minimum atomic E-state index is -4.14. The number of carbonyl (C=O) groups excluding carboxylic acids is 2. The monoisotopic (exact) mass is 657 g/mol. The average Bonchev–Trinajstić information content (AvgIpc) is 3.59. The van der Waals surface area contributed by atoms with Crippen LogP contribution >= 0.6 is 11.6 Å². The van der Waals surface area contributed by atoms with Gasteiger partial charge in [0.15, 0.2) is 0 Å². The molecular formula is C37H40ClN3O4S. The number of rotatable bonds is 13. The quantitative estimate of drug-likeness (QED) is 0.171. The molecule has 4 aromatic rings. The van der Waals surface area contributed by atoms with Gasteiger partial charge < -0.3 is 10.2 Å². The zero-order valence-electron chi connectivity index (χ0n) is 26.0. The van der Waals surface area contributed by atoms with Crippen LogP contribution in [-0.2, 0) is 39.0 Å². The van der Waals surface area contributed by atoms with E-state index in [1.807, 2.05) is 55.5 Å². The molecule has 1 aliphatic rings. The van der Waals surface area contributed by atoms with Crippen LogP contribution in [0.25, 0.3) is 0 Å². The highest BCUT2D eigenvalue weighted by Crippen LogP contribution is 2.26. The lowest BCUT2D eigenvalue weighted by Gasteiger charge is -2.34. The summed E-state index contributed by atoms with van der Waals surface area (Å²) in [4.78, 5) is 30.3. The number of sulfonamides is 1. The van der Waals surface area contributed by atoms with Crippen molar-refractivity contribution >= 4 is 39.1 Å². The first-order valence-corrected chi connectivity index (χ1v) is 17.6. The number of anilines is 1. The van der Waals surface area contributed by atoms with Crippen molar-refractivity contribution in [3.63, 3.8) is 0 Å². The van der Waals surface area contributed by atoms with Crippen LogP contribution < -0.4 is 9.62 Å². The van der Waals surface area contributed by atoms with Crippen molar-refractivity contribution in [2.24, 2.45) is 0 Å². The number of carbonyl (C=O) groups is 2. The molecule has 1 aliphatic carbocycles. The maximum Gasteiger partial charge on any atom is 0.264 e. The second-order valence-electron chi connectivity index (χ2n) is 11.7. The van der Waals surface area contributed by atoms with Crippen LogP contribution in [0, 0.1) is 0 Å². The zero-order chi connectivity index (χ0) is 32.5. The Morgan fingerprint density at radius 1 is 0.826 bits per heavy atom. The Bertz CT molecular complexity index is 1710. The fraction of sp³-hybridized carbons (Fsp3) is 0.297. The van der Waals surface area contributed by atoms with E-state index in [4.69, 9.17) is 11.6 Å². The molecular weight excluding hydrogens is 618 g/mol. The molecule has 0 unspecified atom stereocenters. The SMILES string of the molecule is CCc1ccc(N(CC(=O)N(Cc2cccc(Cl)c2)[C@@H](Cc2ccccc2)C(=O)NC2CCCC2)S(=O)(=O)c2ccccc2)cc1. The first kappa shape index (κ1) is 33.2. The predicted octanol–water partition coefficient (Wildman–Crippen LogP) is 6.80. The lowest BCUT2D eigenvalue weighted by Crippen LogP contribution is -2.54. The molecule has 1 saturated carbocycles. The van der Waals surface area contributed by atoms with Gasteiger partial charge in [0.2, 0.25) is 11.8 Å². The summed E-state index contributed by atoms with van der Waals surface area (Å²) in [7, 11) is -4.14. The Balaban J connectivity index is 1.56. The highest BCUT2D eigenvalue weighted by Gasteiger charge is 2.35. The summed E-state index contributed by atoms with van der Waals surface area (Å²) >= 11 is 6.34. The minimum Gasteiger partial charge on any atom is -0.352 e. The van der Waals surface area contributed by atoms with Crippen molar-refractivity contribution in [3.05, 3.63) is 131 Å². The number of hydrogen-bond donors (Lipinski definition) is 1. The number of benzene rings is 4. The molecule has 1 N–H and O–H groups in total. The molecule has 0 saturated heterocycles. The van der Waals surface area contributed by atoms with Crippen LogP contribution in [0.1, 0.15) is 49.3 Å². The number of nitrogens with one attached hydrogen (secondary N) is 1. The first-order valence-electron chi connectivity index (χ1n) is 15.8. The summed E-state index contributed by atoms with van der Waals surface area (Å²) in [6.07, 6.45) is 4.93. The Kier molecular flexibility index (Phi) is 11.1. The minimum absolute atomic E-state index is 0.0425. The lowest BCUT2D eigenvalue weighted by molar-refractivity contribution is -0.140. The van der Waals surface area contributed by atoms with Gasteiger partial charge in [-0.1, -0.05) is 104 Å². The van der Waals surface area contributed by atoms with Gasteiger partial charge in [-0.3, -0.25) is 13.9 Å². The third kappa shape index (κ3) is 8.36. The zero-order valence-corrected chi connectivity index (χ0v) is 27.6. The maximum absolute atomic E-state index is 14.6. The van der Waals surface area contributed by atoms with E-state index in [9.17, 15) is 18.0 Å². The smallest absolute Gasteiger partial charge is 0.264 e. The van der Waals surface area contributed by atoms with E-state index in [1.165, 1.54) is 17.0 Å². The molecule has 0 heterocycles. The Morgan fingerprint density at radius 2 is 1.46 bits per heavy atom. The van der Waals surface area contributed by atoms with Crippen LogP contribution in [0.3, 0.4) is 0 Å². The van der Waals surface area contributed by atoms with E-state index >= 15 is 0 Å². The van der Waals surface area contributed by atoms with Gasteiger partial charge in [0.1, 0.15) is 12.6 Å². The van der Waals surface area contributed by atoms with Crippen LogP contribution in [-0.4, -0.2) is 43.8 Å². The van der Waals surface area contributed by atoms with E-state index < -0.39 is 28.5 Å². The summed E-state index contributed by atoms with van der Waals surface area (Å²) in [5.41, 5.74) is 3.03. The number of nitrogens with zero attached hydrogens (tertiary/aromatic N) is 2. The third-order valence-electron chi connectivity index (χ3n) is 8.46. The molecule has 9 heteroatoms. The van der Waals surface area contributed by atoms with E-state index in [2.05, 4.69) is 5.32 Å². The lowest BCUT2D eigenvalue weighted by atomic mass is 10.0. The van der Waals surface area contributed by atoms with Crippen molar-refractivity contribution in [2.75, 3.05) is 10.8 Å². The highest BCUT2D eigenvalue weighted by molar-refractivity contribution is 7.92. The van der Waals surface area contributed by atoms with E-state index in [0.717, 1.165) is 53.1 Å². The molecule has 1 fully saturated rings. The van der Waals surface area contributed by atoms with Gasteiger partial charge >= 0.3 is 0 Å². The van der Waals surface area contributed by atoms with Crippen molar-refractivity contribution in [1.82, 2.24) is 10.2 Å². The summed E-state index contributed by atoms with van der Waals surface area (Å²) in [6, 6.07) is 31.1. The van der Waals surface area contributed by atoms with Crippen LogP contribution in [0.4, 0.5) is 5.69 Å². The van der Waals surface area contributed by atoms with E-state index in [-0.39, 0.29) is 29.8 Å². The van der Waals surface area contributed by atoms with E-state index in [0.29, 0.717) is 10.7 Å². The summed E-state index contributed by atoms with van der Waals surface area (Å²) in [5.74, 6) is -0.752. The molecule has 4 aromatic carbocycles.